The number of nitrogens with zero attached hydrogens (tertiary/aromatic N) is 2. The Bertz CT molecular complexity index is 793. The summed E-state index contributed by atoms with van der Waals surface area (Å²) in [4.78, 5) is 15.1. The number of nitriles is 1. The maximum Gasteiger partial charge on any atom is 0.237 e. The third-order valence-electron chi connectivity index (χ3n) is 3.37. The summed E-state index contributed by atoms with van der Waals surface area (Å²) in [7, 11) is 1.55. The second-order valence-electron chi connectivity index (χ2n) is 4.99. The molecule has 0 atom stereocenters. The lowest BCUT2D eigenvalue weighted by molar-refractivity contribution is -0.116. The largest absolute Gasteiger partial charge is 0.495 e. The van der Waals surface area contributed by atoms with Gasteiger partial charge in [0, 0.05) is 16.5 Å². The molecule has 1 amide bonds. The first-order valence-corrected chi connectivity index (χ1v) is 9.19. The number of amides is 1. The molecule has 0 aliphatic heterocycles. The van der Waals surface area contributed by atoms with Gasteiger partial charge in [0.05, 0.1) is 36.1 Å². The fourth-order valence-corrected chi connectivity index (χ4v) is 3.57. The molecule has 0 aromatic heterocycles. The lowest BCUT2D eigenvalue weighted by Crippen LogP contribution is -2.33. The molecule has 0 unspecified atom stereocenters. The van der Waals surface area contributed by atoms with E-state index >= 15 is 0 Å². The summed E-state index contributed by atoms with van der Waals surface area (Å²) < 4.78 is 5.33. The second kappa shape index (κ2) is 9.57. The molecule has 0 saturated carbocycles. The molecule has 2 rings (SSSR count). The van der Waals surface area contributed by atoms with E-state index in [2.05, 4.69) is 6.07 Å². The number of anilines is 1. The van der Waals surface area contributed by atoms with Crippen molar-refractivity contribution in [2.24, 2.45) is 0 Å². The number of carbonyl (C=O) groups is 1. The number of methoxy groups -OCH3 is 1. The van der Waals surface area contributed by atoms with Crippen LogP contribution in [0.2, 0.25) is 10.0 Å². The number of para-hydroxylation sites is 2. The van der Waals surface area contributed by atoms with E-state index < -0.39 is 0 Å². The third-order valence-corrected chi connectivity index (χ3v) is 5.09. The molecular weight excluding hydrogens is 379 g/mol. The number of ether oxygens (including phenoxy) is 1. The standard InChI is InChI=1S/C18H16Cl2N2O2S/c1-24-16-6-3-2-5-15(16)22(10-4-9-21)18(23)12-25-17-11-13(19)7-8-14(17)20/h2-3,5-8,11H,4,10,12H2,1H3. The molecular formula is C18H16Cl2N2O2S. The number of hydrogen-bond donors (Lipinski definition) is 0. The molecule has 2 aromatic rings. The van der Waals surface area contributed by atoms with Gasteiger partial charge in [0.15, 0.2) is 0 Å². The smallest absolute Gasteiger partial charge is 0.237 e. The maximum absolute atomic E-state index is 12.8. The lowest BCUT2D eigenvalue weighted by atomic mass is 10.2. The summed E-state index contributed by atoms with van der Waals surface area (Å²) in [6, 6.07) is 14.4. The Kier molecular flexibility index (Phi) is 7.45. The van der Waals surface area contributed by atoms with Crippen LogP contribution < -0.4 is 9.64 Å². The molecule has 2 aromatic carbocycles. The minimum absolute atomic E-state index is 0.138. The minimum atomic E-state index is -0.138. The summed E-state index contributed by atoms with van der Waals surface area (Å²) in [5.74, 6) is 0.615. The highest BCUT2D eigenvalue weighted by Crippen LogP contribution is 2.32. The van der Waals surface area contributed by atoms with Crippen LogP contribution in [-0.2, 0) is 4.79 Å². The van der Waals surface area contributed by atoms with Crippen molar-refractivity contribution in [2.75, 3.05) is 24.3 Å². The molecule has 0 saturated heterocycles. The van der Waals surface area contributed by atoms with Crippen LogP contribution in [0.25, 0.3) is 0 Å². The predicted octanol–water partition coefficient (Wildman–Crippen LogP) is 5.04. The SMILES string of the molecule is COc1ccccc1N(CCC#N)C(=O)CSc1cc(Cl)ccc1Cl. The van der Waals surface area contributed by atoms with E-state index in [1.165, 1.54) is 11.8 Å². The van der Waals surface area contributed by atoms with Crippen molar-refractivity contribution in [3.63, 3.8) is 0 Å². The Hall–Kier alpha value is -1.87. The normalized spacial score (nSPS) is 10.2. The van der Waals surface area contributed by atoms with Crippen molar-refractivity contribution in [3.8, 4) is 11.8 Å². The maximum atomic E-state index is 12.8. The Morgan fingerprint density at radius 1 is 1.28 bits per heavy atom. The van der Waals surface area contributed by atoms with Crippen LogP contribution >= 0.6 is 35.0 Å². The van der Waals surface area contributed by atoms with E-state index in [0.717, 1.165) is 4.90 Å². The van der Waals surface area contributed by atoms with E-state index in [9.17, 15) is 4.79 Å². The zero-order chi connectivity index (χ0) is 18.2. The monoisotopic (exact) mass is 394 g/mol. The fourth-order valence-electron chi connectivity index (χ4n) is 2.20. The summed E-state index contributed by atoms with van der Waals surface area (Å²) >= 11 is 13.4. The topological polar surface area (TPSA) is 53.3 Å². The van der Waals surface area contributed by atoms with Gasteiger partial charge in [-0.3, -0.25) is 4.79 Å². The second-order valence-corrected chi connectivity index (χ2v) is 6.85. The zero-order valence-corrected chi connectivity index (χ0v) is 15.9. The van der Waals surface area contributed by atoms with Crippen LogP contribution in [0.1, 0.15) is 6.42 Å². The predicted molar refractivity (Wildman–Crippen MR) is 103 cm³/mol. The fraction of sp³-hybridized carbons (Fsp3) is 0.222. The van der Waals surface area contributed by atoms with Crippen LogP contribution in [0.4, 0.5) is 5.69 Å². The number of hydrogen-bond acceptors (Lipinski definition) is 4. The minimum Gasteiger partial charge on any atom is -0.495 e. The molecule has 0 bridgehead atoms. The first kappa shape index (κ1) is 19.5. The molecule has 4 nitrogen and oxygen atoms in total. The highest BCUT2D eigenvalue weighted by atomic mass is 35.5. The molecule has 0 heterocycles. The molecule has 25 heavy (non-hydrogen) atoms. The molecule has 7 heteroatoms. The molecule has 0 N–H and O–H groups in total. The van der Waals surface area contributed by atoms with Gasteiger partial charge in [-0.25, -0.2) is 0 Å². The average Bonchev–Trinajstić information content (AvgIpc) is 2.63. The Morgan fingerprint density at radius 3 is 2.76 bits per heavy atom. The molecule has 0 aliphatic carbocycles. The molecule has 0 spiro atoms. The van der Waals surface area contributed by atoms with Crippen molar-refractivity contribution < 1.29 is 9.53 Å². The number of thioether (sulfide) groups is 1. The third kappa shape index (κ3) is 5.30. The molecule has 0 fully saturated rings. The number of benzene rings is 2. The van der Waals surface area contributed by atoms with Gasteiger partial charge >= 0.3 is 0 Å². The summed E-state index contributed by atoms with van der Waals surface area (Å²) in [6.07, 6.45) is 0.229. The summed E-state index contributed by atoms with van der Waals surface area (Å²) in [5, 5.41) is 9.99. The Labute approximate surface area is 161 Å². The van der Waals surface area contributed by atoms with Crippen molar-refractivity contribution in [1.29, 1.82) is 5.26 Å². The van der Waals surface area contributed by atoms with Gasteiger partial charge in [0.25, 0.3) is 0 Å². The van der Waals surface area contributed by atoms with Gasteiger partial charge in [0.1, 0.15) is 5.75 Å². The average molecular weight is 395 g/mol. The van der Waals surface area contributed by atoms with Crippen LogP contribution in [0.15, 0.2) is 47.4 Å². The van der Waals surface area contributed by atoms with Gasteiger partial charge in [0.2, 0.25) is 5.91 Å². The van der Waals surface area contributed by atoms with Crippen molar-refractivity contribution in [1.82, 2.24) is 0 Å². The van der Waals surface area contributed by atoms with E-state index in [1.807, 2.05) is 12.1 Å². The molecule has 0 aliphatic rings. The van der Waals surface area contributed by atoms with Gasteiger partial charge in [-0.05, 0) is 30.3 Å². The van der Waals surface area contributed by atoms with Crippen LogP contribution in [0.5, 0.6) is 5.75 Å². The highest BCUT2D eigenvalue weighted by molar-refractivity contribution is 8.00. The van der Waals surface area contributed by atoms with E-state index in [1.54, 1.807) is 42.3 Å². The first-order valence-electron chi connectivity index (χ1n) is 7.45. The first-order chi connectivity index (χ1) is 12.1. The van der Waals surface area contributed by atoms with E-state index in [0.29, 0.717) is 28.0 Å². The van der Waals surface area contributed by atoms with Crippen LogP contribution in [0.3, 0.4) is 0 Å². The Balaban J connectivity index is 2.18. The lowest BCUT2D eigenvalue weighted by Gasteiger charge is -2.23. The Morgan fingerprint density at radius 2 is 2.04 bits per heavy atom. The number of halogens is 2. The van der Waals surface area contributed by atoms with E-state index in [4.69, 9.17) is 33.2 Å². The van der Waals surface area contributed by atoms with Crippen molar-refractivity contribution >= 4 is 46.6 Å². The van der Waals surface area contributed by atoms with Gasteiger partial charge in [-0.1, -0.05) is 35.3 Å². The zero-order valence-electron chi connectivity index (χ0n) is 13.5. The van der Waals surface area contributed by atoms with Crippen molar-refractivity contribution in [3.05, 3.63) is 52.5 Å². The number of carbonyl (C=O) groups excluding carboxylic acids is 1. The van der Waals surface area contributed by atoms with Crippen LogP contribution in [0, 0.1) is 11.3 Å². The molecule has 130 valence electrons. The quantitative estimate of drug-likeness (QED) is 0.617. The van der Waals surface area contributed by atoms with Gasteiger partial charge in [-0.2, -0.15) is 5.26 Å². The molecule has 0 radical (unpaired) electrons. The van der Waals surface area contributed by atoms with Crippen LogP contribution in [-0.4, -0.2) is 25.3 Å². The number of rotatable bonds is 7. The van der Waals surface area contributed by atoms with Gasteiger partial charge < -0.3 is 9.64 Å². The van der Waals surface area contributed by atoms with Crippen molar-refractivity contribution in [2.45, 2.75) is 11.3 Å². The summed E-state index contributed by atoms with van der Waals surface area (Å²) in [6.45, 7) is 0.291. The highest BCUT2D eigenvalue weighted by Gasteiger charge is 2.19. The van der Waals surface area contributed by atoms with E-state index in [-0.39, 0.29) is 18.1 Å². The summed E-state index contributed by atoms with van der Waals surface area (Å²) in [5.41, 5.74) is 0.642. The van der Waals surface area contributed by atoms with Gasteiger partial charge in [-0.15, -0.1) is 11.8 Å².